The molecule has 3 fully saturated rings. The van der Waals surface area contributed by atoms with Crippen LogP contribution in [0, 0.1) is 0 Å². The van der Waals surface area contributed by atoms with Crippen LogP contribution in [0.3, 0.4) is 0 Å². The predicted octanol–water partition coefficient (Wildman–Crippen LogP) is 6.22. The fraction of sp³-hybridized carbons (Fsp3) is 0.889. The highest BCUT2D eigenvalue weighted by molar-refractivity contribution is 5.78. The van der Waals surface area contributed by atoms with E-state index in [9.17, 15) is 24.6 Å². The van der Waals surface area contributed by atoms with Gasteiger partial charge in [-0.15, -0.1) is 0 Å². The third-order valence-corrected chi connectivity index (χ3v) is 6.24. The van der Waals surface area contributed by atoms with Crippen LogP contribution in [0.2, 0.25) is 0 Å². The molecule has 0 aromatic carbocycles. The minimum atomic E-state index is -0.899. The molecule has 0 saturated heterocycles. The van der Waals surface area contributed by atoms with Crippen LogP contribution in [0.25, 0.3) is 0 Å². The number of carbonyl (C=O) groups is 3. The molecule has 3 N–H and O–H groups in total. The molecule has 0 amide bonds. The van der Waals surface area contributed by atoms with Crippen molar-refractivity contribution in [2.75, 3.05) is 6.61 Å². The van der Waals surface area contributed by atoms with E-state index in [1.807, 2.05) is 0 Å². The summed E-state index contributed by atoms with van der Waals surface area (Å²) >= 11 is 0. The van der Waals surface area contributed by atoms with Crippen LogP contribution in [0.15, 0.2) is 0 Å². The molecule has 0 aromatic rings. The summed E-state index contributed by atoms with van der Waals surface area (Å²) in [7, 11) is 0. The minimum Gasteiger partial charge on any atom is -0.481 e. The number of ether oxygens (including phenoxy) is 1. The first-order chi connectivity index (χ1) is 14.7. The Morgan fingerprint density at radius 1 is 0.735 bits per heavy atom. The molecular formula is C27H54O7. The molecule has 0 atom stereocenters. The summed E-state index contributed by atoms with van der Waals surface area (Å²) in [6.07, 6.45) is 14.4. The SMILES string of the molecule is C.C.C.CCOC(=O)CC1(O)CCCCC1.O=C(O)CC1(O)CCCCC1.O=C1CCCCC1. The number of aliphatic carboxylic acids is 1. The summed E-state index contributed by atoms with van der Waals surface area (Å²) in [5.41, 5.74) is -1.67. The second-order valence-electron chi connectivity index (χ2n) is 9.22. The normalized spacial score (nSPS) is 20.1. The molecule has 0 radical (unpaired) electrons. The summed E-state index contributed by atoms with van der Waals surface area (Å²) in [5, 5.41) is 28.1. The quantitative estimate of drug-likeness (QED) is 0.391. The lowest BCUT2D eigenvalue weighted by molar-refractivity contribution is -0.150. The van der Waals surface area contributed by atoms with Gasteiger partial charge in [0.15, 0.2) is 0 Å². The Bertz CT molecular complexity index is 539. The van der Waals surface area contributed by atoms with Gasteiger partial charge in [0, 0.05) is 12.8 Å². The van der Waals surface area contributed by atoms with E-state index >= 15 is 0 Å². The van der Waals surface area contributed by atoms with E-state index in [1.165, 1.54) is 12.8 Å². The van der Waals surface area contributed by atoms with Crippen LogP contribution in [0.5, 0.6) is 0 Å². The van der Waals surface area contributed by atoms with Gasteiger partial charge in [0.05, 0.1) is 30.7 Å². The van der Waals surface area contributed by atoms with Gasteiger partial charge < -0.3 is 20.1 Å². The van der Waals surface area contributed by atoms with Crippen molar-refractivity contribution < 1.29 is 34.4 Å². The van der Waals surface area contributed by atoms with Gasteiger partial charge in [-0.2, -0.15) is 0 Å². The first kappa shape index (κ1) is 37.1. The average molecular weight is 491 g/mol. The number of esters is 1. The number of ketones is 1. The Labute approximate surface area is 208 Å². The molecule has 3 aliphatic carbocycles. The van der Waals surface area contributed by atoms with Crippen molar-refractivity contribution in [2.45, 2.75) is 150 Å². The van der Waals surface area contributed by atoms with Crippen LogP contribution in [-0.4, -0.2) is 50.9 Å². The molecular weight excluding hydrogens is 436 g/mol. The zero-order valence-corrected chi connectivity index (χ0v) is 19.2. The largest absolute Gasteiger partial charge is 0.481 e. The maximum atomic E-state index is 11.1. The van der Waals surface area contributed by atoms with Crippen LogP contribution in [0.1, 0.15) is 138 Å². The average Bonchev–Trinajstić information content (AvgIpc) is 2.69. The molecule has 0 spiro atoms. The highest BCUT2D eigenvalue weighted by Crippen LogP contribution is 2.31. The second-order valence-corrected chi connectivity index (χ2v) is 9.22. The Hall–Kier alpha value is -1.47. The van der Waals surface area contributed by atoms with Crippen LogP contribution < -0.4 is 0 Å². The lowest BCUT2D eigenvalue weighted by Crippen LogP contribution is -2.34. The van der Waals surface area contributed by atoms with E-state index in [0.29, 0.717) is 25.2 Å². The van der Waals surface area contributed by atoms with Gasteiger partial charge in [-0.3, -0.25) is 14.4 Å². The third kappa shape index (κ3) is 17.0. The fourth-order valence-corrected chi connectivity index (χ4v) is 4.48. The highest BCUT2D eigenvalue weighted by atomic mass is 16.5. The fourth-order valence-electron chi connectivity index (χ4n) is 4.48. The molecule has 3 aliphatic rings. The molecule has 0 aliphatic heterocycles. The molecule has 204 valence electrons. The standard InChI is InChI=1S/C10H18O3.C8H14O3.C6H10O.3CH4/c1-2-13-9(11)8-10(12)6-4-3-5-7-10;9-7(10)6-8(11)4-2-1-3-5-8;7-6-4-2-1-3-5-6;;;/h12H,2-8H2,1H3;11H,1-6H2,(H,9,10);1-5H2;3*1H4. The van der Waals surface area contributed by atoms with E-state index in [0.717, 1.165) is 70.6 Å². The Morgan fingerprint density at radius 2 is 1.12 bits per heavy atom. The van der Waals surface area contributed by atoms with Crippen molar-refractivity contribution in [3.05, 3.63) is 0 Å². The molecule has 0 bridgehead atoms. The summed E-state index contributed by atoms with van der Waals surface area (Å²) in [6, 6.07) is 0. The van der Waals surface area contributed by atoms with Crippen molar-refractivity contribution in [1.82, 2.24) is 0 Å². The number of Topliss-reactive ketones (excluding diaryl/α,β-unsaturated/α-hetero) is 1. The number of carbonyl (C=O) groups excluding carboxylic acids is 2. The van der Waals surface area contributed by atoms with Gasteiger partial charge in [-0.25, -0.2) is 0 Å². The first-order valence-electron chi connectivity index (χ1n) is 12.0. The third-order valence-electron chi connectivity index (χ3n) is 6.24. The smallest absolute Gasteiger partial charge is 0.308 e. The monoisotopic (exact) mass is 490 g/mol. The molecule has 7 nitrogen and oxygen atoms in total. The molecule has 0 aromatic heterocycles. The van der Waals surface area contributed by atoms with Crippen LogP contribution >= 0.6 is 0 Å². The number of hydrogen-bond donors (Lipinski definition) is 3. The van der Waals surface area contributed by atoms with Crippen molar-refractivity contribution in [2.24, 2.45) is 0 Å². The summed E-state index contributed by atoms with van der Waals surface area (Å²) < 4.78 is 4.81. The highest BCUT2D eigenvalue weighted by Gasteiger charge is 2.32. The Kier molecular flexibility index (Phi) is 21.6. The van der Waals surface area contributed by atoms with Gasteiger partial charge in [0.2, 0.25) is 0 Å². The topological polar surface area (TPSA) is 121 Å². The van der Waals surface area contributed by atoms with E-state index < -0.39 is 17.2 Å². The lowest BCUT2D eigenvalue weighted by atomic mass is 9.82. The van der Waals surface area contributed by atoms with Gasteiger partial charge >= 0.3 is 11.9 Å². The predicted molar refractivity (Wildman–Crippen MR) is 138 cm³/mol. The molecule has 0 heterocycles. The number of aliphatic hydroxyl groups is 2. The van der Waals surface area contributed by atoms with E-state index in [-0.39, 0.29) is 41.1 Å². The zero-order chi connectivity index (χ0) is 23.2. The second kappa shape index (κ2) is 19.8. The van der Waals surface area contributed by atoms with Crippen LogP contribution in [0.4, 0.5) is 0 Å². The van der Waals surface area contributed by atoms with Gasteiger partial charge in [0.1, 0.15) is 5.78 Å². The molecule has 3 rings (SSSR count). The summed E-state index contributed by atoms with van der Waals surface area (Å²) in [5.74, 6) is -0.701. The summed E-state index contributed by atoms with van der Waals surface area (Å²) in [4.78, 5) is 31.9. The van der Waals surface area contributed by atoms with Gasteiger partial charge in [0.25, 0.3) is 0 Å². The zero-order valence-electron chi connectivity index (χ0n) is 19.2. The van der Waals surface area contributed by atoms with Crippen LogP contribution in [-0.2, 0) is 19.1 Å². The van der Waals surface area contributed by atoms with E-state index in [4.69, 9.17) is 9.84 Å². The maximum absolute atomic E-state index is 11.1. The Balaban J connectivity index is -0.000000421. The van der Waals surface area contributed by atoms with Gasteiger partial charge in [-0.1, -0.05) is 67.2 Å². The molecule has 7 heteroatoms. The van der Waals surface area contributed by atoms with Crippen molar-refractivity contribution >= 4 is 17.7 Å². The molecule has 34 heavy (non-hydrogen) atoms. The number of rotatable bonds is 5. The first-order valence-corrected chi connectivity index (χ1v) is 12.0. The van der Waals surface area contributed by atoms with E-state index in [2.05, 4.69) is 0 Å². The minimum absolute atomic E-state index is 0. The van der Waals surface area contributed by atoms with Crippen molar-refractivity contribution in [3.63, 3.8) is 0 Å². The number of carboxylic acid groups (broad SMARTS) is 1. The van der Waals surface area contributed by atoms with Crippen molar-refractivity contribution in [3.8, 4) is 0 Å². The van der Waals surface area contributed by atoms with Crippen molar-refractivity contribution in [1.29, 1.82) is 0 Å². The molecule has 3 saturated carbocycles. The molecule has 0 unspecified atom stereocenters. The number of carboxylic acids is 1. The number of hydrogen-bond acceptors (Lipinski definition) is 6. The van der Waals surface area contributed by atoms with E-state index in [1.54, 1.807) is 6.92 Å². The Morgan fingerprint density at radius 3 is 1.44 bits per heavy atom. The maximum Gasteiger partial charge on any atom is 0.308 e. The van der Waals surface area contributed by atoms with Gasteiger partial charge in [-0.05, 0) is 45.4 Å². The summed E-state index contributed by atoms with van der Waals surface area (Å²) in [6.45, 7) is 2.18. The lowest BCUT2D eigenvalue weighted by Gasteiger charge is -2.30.